The Morgan fingerprint density at radius 3 is 2.45 bits per heavy atom. The number of amides is 1. The highest BCUT2D eigenvalue weighted by Gasteiger charge is 2.09. The lowest BCUT2D eigenvalue weighted by atomic mass is 10.1. The average Bonchev–Trinajstić information content (AvgIpc) is 2.36. The Morgan fingerprint density at radius 1 is 1.35 bits per heavy atom. The van der Waals surface area contributed by atoms with Crippen LogP contribution in [0.1, 0.15) is 18.9 Å². The number of carbonyl (C=O) groups excluding carboxylic acids is 1. The molecule has 1 atom stereocenters. The second-order valence-corrected chi connectivity index (χ2v) is 6.17. The molecule has 7 heteroatoms. The first-order chi connectivity index (χ1) is 9.32. The number of aryl methyl sites for hydroxylation is 1. The molecule has 0 saturated carbocycles. The molecule has 1 aromatic carbocycles. The van der Waals surface area contributed by atoms with Crippen LogP contribution in [0, 0.1) is 0 Å². The third-order valence-electron chi connectivity index (χ3n) is 2.72. The smallest absolute Gasteiger partial charge is 0.238 e. The molecule has 1 rings (SSSR count). The van der Waals surface area contributed by atoms with Gasteiger partial charge in [0, 0.05) is 19.6 Å². The maximum atomic E-state index is 11.6. The van der Waals surface area contributed by atoms with Crippen molar-refractivity contribution in [3.05, 3.63) is 29.8 Å². The first kappa shape index (κ1) is 16.6. The number of primary sulfonamides is 1. The van der Waals surface area contributed by atoms with Crippen LogP contribution in [-0.4, -0.2) is 34.1 Å². The second kappa shape index (κ2) is 7.37. The van der Waals surface area contributed by atoms with E-state index in [0.717, 1.165) is 5.56 Å². The van der Waals surface area contributed by atoms with Gasteiger partial charge in [-0.3, -0.25) is 4.79 Å². The largest absolute Gasteiger partial charge is 0.383 e. The van der Waals surface area contributed by atoms with Gasteiger partial charge in [0.1, 0.15) is 0 Å². The van der Waals surface area contributed by atoms with Gasteiger partial charge >= 0.3 is 0 Å². The highest BCUT2D eigenvalue weighted by molar-refractivity contribution is 7.89. The molecule has 0 aliphatic rings. The zero-order valence-electron chi connectivity index (χ0n) is 11.6. The van der Waals surface area contributed by atoms with E-state index in [1.165, 1.54) is 12.1 Å². The van der Waals surface area contributed by atoms with E-state index in [4.69, 9.17) is 9.88 Å². The van der Waals surface area contributed by atoms with Gasteiger partial charge in [0.25, 0.3) is 0 Å². The molecule has 0 aromatic heterocycles. The van der Waals surface area contributed by atoms with Gasteiger partial charge in [0.15, 0.2) is 0 Å². The van der Waals surface area contributed by atoms with E-state index in [1.807, 2.05) is 6.92 Å². The maximum absolute atomic E-state index is 11.6. The number of nitrogens with two attached hydrogens (primary N) is 1. The molecule has 0 aliphatic heterocycles. The van der Waals surface area contributed by atoms with Crippen molar-refractivity contribution in [2.75, 3.05) is 13.7 Å². The predicted octanol–water partition coefficient (Wildman–Crippen LogP) is 0.418. The molecule has 1 amide bonds. The number of methoxy groups -OCH3 is 1. The second-order valence-electron chi connectivity index (χ2n) is 4.61. The number of rotatable bonds is 7. The highest BCUT2D eigenvalue weighted by atomic mass is 32.2. The summed E-state index contributed by atoms with van der Waals surface area (Å²) >= 11 is 0. The number of hydrogen-bond acceptors (Lipinski definition) is 4. The van der Waals surface area contributed by atoms with Crippen LogP contribution in [0.5, 0.6) is 0 Å². The van der Waals surface area contributed by atoms with Crippen LogP contribution in [0.2, 0.25) is 0 Å². The molecule has 0 radical (unpaired) electrons. The molecule has 3 N–H and O–H groups in total. The molecule has 20 heavy (non-hydrogen) atoms. The van der Waals surface area contributed by atoms with Crippen LogP contribution >= 0.6 is 0 Å². The molecular formula is C13H20N2O4S. The van der Waals surface area contributed by atoms with Gasteiger partial charge in [0.2, 0.25) is 15.9 Å². The quantitative estimate of drug-likeness (QED) is 0.762. The summed E-state index contributed by atoms with van der Waals surface area (Å²) in [5, 5.41) is 7.82. The fourth-order valence-corrected chi connectivity index (χ4v) is 2.26. The monoisotopic (exact) mass is 300 g/mol. The van der Waals surface area contributed by atoms with Gasteiger partial charge in [-0.2, -0.15) is 0 Å². The molecule has 0 heterocycles. The standard InChI is InChI=1S/C13H20N2O4S/c1-10(9-19-2)15-13(16)8-5-11-3-6-12(7-4-11)20(14,17)18/h3-4,6-7,10H,5,8-9H2,1-2H3,(H,15,16)(H2,14,17,18). The lowest BCUT2D eigenvalue weighted by Gasteiger charge is -2.12. The summed E-state index contributed by atoms with van der Waals surface area (Å²) in [5.41, 5.74) is 0.881. The summed E-state index contributed by atoms with van der Waals surface area (Å²) < 4.78 is 27.1. The Balaban J connectivity index is 2.48. The van der Waals surface area contributed by atoms with Crippen LogP contribution in [0.15, 0.2) is 29.2 Å². The first-order valence-corrected chi connectivity index (χ1v) is 7.77. The molecule has 1 aromatic rings. The van der Waals surface area contributed by atoms with Crippen molar-refractivity contribution in [3.8, 4) is 0 Å². The van der Waals surface area contributed by atoms with E-state index in [1.54, 1.807) is 19.2 Å². The summed E-state index contributed by atoms with van der Waals surface area (Å²) in [5.74, 6) is -0.0647. The Hall–Kier alpha value is -1.44. The van der Waals surface area contributed by atoms with Gasteiger partial charge in [0.05, 0.1) is 11.5 Å². The van der Waals surface area contributed by atoms with E-state index in [2.05, 4.69) is 5.32 Å². The highest BCUT2D eigenvalue weighted by Crippen LogP contribution is 2.10. The molecular weight excluding hydrogens is 280 g/mol. The van der Waals surface area contributed by atoms with Crippen LogP contribution < -0.4 is 10.5 Å². The summed E-state index contributed by atoms with van der Waals surface area (Å²) in [7, 11) is -2.09. The lowest BCUT2D eigenvalue weighted by molar-refractivity contribution is -0.122. The van der Waals surface area contributed by atoms with Crippen molar-refractivity contribution in [2.45, 2.75) is 30.7 Å². The first-order valence-electron chi connectivity index (χ1n) is 6.23. The van der Waals surface area contributed by atoms with Crippen molar-refractivity contribution in [3.63, 3.8) is 0 Å². The molecule has 1 unspecified atom stereocenters. The van der Waals surface area contributed by atoms with Gasteiger partial charge in [-0.15, -0.1) is 0 Å². The van der Waals surface area contributed by atoms with Crippen molar-refractivity contribution in [2.24, 2.45) is 5.14 Å². The Morgan fingerprint density at radius 2 is 1.95 bits per heavy atom. The third-order valence-corrected chi connectivity index (χ3v) is 3.65. The average molecular weight is 300 g/mol. The lowest BCUT2D eigenvalue weighted by Crippen LogP contribution is -2.35. The molecule has 0 saturated heterocycles. The number of benzene rings is 1. The molecule has 0 bridgehead atoms. The maximum Gasteiger partial charge on any atom is 0.238 e. The Labute approximate surface area is 119 Å². The molecule has 112 valence electrons. The van der Waals surface area contributed by atoms with E-state index in [-0.39, 0.29) is 16.8 Å². The zero-order chi connectivity index (χ0) is 15.2. The summed E-state index contributed by atoms with van der Waals surface area (Å²) in [6, 6.07) is 6.17. The number of ether oxygens (including phenoxy) is 1. The fraction of sp³-hybridized carbons (Fsp3) is 0.462. The topological polar surface area (TPSA) is 98.5 Å². The van der Waals surface area contributed by atoms with Crippen LogP contribution in [0.4, 0.5) is 0 Å². The minimum Gasteiger partial charge on any atom is -0.383 e. The van der Waals surface area contributed by atoms with Gasteiger partial charge in [-0.05, 0) is 31.0 Å². The van der Waals surface area contributed by atoms with Crippen molar-refractivity contribution < 1.29 is 17.9 Å². The van der Waals surface area contributed by atoms with E-state index >= 15 is 0 Å². The summed E-state index contributed by atoms with van der Waals surface area (Å²) in [4.78, 5) is 11.7. The SMILES string of the molecule is COCC(C)NC(=O)CCc1ccc(S(N)(=O)=O)cc1. The van der Waals surface area contributed by atoms with Crippen molar-refractivity contribution in [1.82, 2.24) is 5.32 Å². The van der Waals surface area contributed by atoms with Crippen LogP contribution in [0.3, 0.4) is 0 Å². The summed E-state index contributed by atoms with van der Waals surface area (Å²) in [6.07, 6.45) is 0.874. The van der Waals surface area contributed by atoms with E-state index in [9.17, 15) is 13.2 Å². The number of hydrogen-bond donors (Lipinski definition) is 2. The van der Waals surface area contributed by atoms with E-state index in [0.29, 0.717) is 19.4 Å². The minimum absolute atomic E-state index is 0.0303. The summed E-state index contributed by atoms with van der Waals surface area (Å²) in [6.45, 7) is 2.33. The number of sulfonamides is 1. The van der Waals surface area contributed by atoms with Crippen molar-refractivity contribution in [1.29, 1.82) is 0 Å². The normalized spacial score (nSPS) is 12.9. The molecule has 0 aliphatic carbocycles. The zero-order valence-corrected chi connectivity index (χ0v) is 12.4. The number of nitrogens with one attached hydrogen (secondary N) is 1. The molecule has 0 fully saturated rings. The fourth-order valence-electron chi connectivity index (χ4n) is 1.74. The van der Waals surface area contributed by atoms with Gasteiger partial charge in [-0.25, -0.2) is 13.6 Å². The van der Waals surface area contributed by atoms with Gasteiger partial charge in [-0.1, -0.05) is 12.1 Å². The minimum atomic E-state index is -3.67. The molecule has 6 nitrogen and oxygen atoms in total. The van der Waals surface area contributed by atoms with Crippen LogP contribution in [0.25, 0.3) is 0 Å². The number of carbonyl (C=O) groups is 1. The Kier molecular flexibility index (Phi) is 6.12. The third kappa shape index (κ3) is 5.68. The van der Waals surface area contributed by atoms with Gasteiger partial charge < -0.3 is 10.1 Å². The predicted molar refractivity (Wildman–Crippen MR) is 75.6 cm³/mol. The Bertz CT molecular complexity index is 540. The van der Waals surface area contributed by atoms with E-state index < -0.39 is 10.0 Å². The molecule has 0 spiro atoms. The van der Waals surface area contributed by atoms with Crippen molar-refractivity contribution >= 4 is 15.9 Å². The van der Waals surface area contributed by atoms with Crippen LogP contribution in [-0.2, 0) is 26.0 Å².